The summed E-state index contributed by atoms with van der Waals surface area (Å²) < 4.78 is 0. The number of hydrogen-bond donors (Lipinski definition) is 1. The van der Waals surface area contributed by atoms with Crippen LogP contribution in [-0.2, 0) is 9.59 Å². The molecule has 2 aliphatic rings. The molecule has 0 bridgehead atoms. The van der Waals surface area contributed by atoms with E-state index in [9.17, 15) is 9.59 Å². The zero-order chi connectivity index (χ0) is 16.6. The number of carbonyl (C=O) groups excluding carboxylic acids is 2. The van der Waals surface area contributed by atoms with Gasteiger partial charge in [-0.2, -0.15) is 0 Å². The van der Waals surface area contributed by atoms with Crippen LogP contribution in [0.25, 0.3) is 0 Å². The highest BCUT2D eigenvalue weighted by Gasteiger charge is 2.49. The molecular weight excluding hydrogens is 312 g/mol. The molecule has 1 heterocycles. The molecule has 1 saturated heterocycles. The van der Waals surface area contributed by atoms with E-state index in [-0.39, 0.29) is 17.9 Å². The molecule has 1 aromatic rings. The lowest BCUT2D eigenvalue weighted by molar-refractivity contribution is -0.127. The first-order valence-corrected chi connectivity index (χ1v) is 8.70. The average Bonchev–Trinajstić information content (AvgIpc) is 3.11. The zero-order valence-corrected chi connectivity index (χ0v) is 14.4. The van der Waals surface area contributed by atoms with Crippen LogP contribution in [0.2, 0.25) is 5.02 Å². The molecule has 0 radical (unpaired) electrons. The van der Waals surface area contributed by atoms with Gasteiger partial charge in [-0.15, -0.1) is 0 Å². The number of nitrogens with one attached hydrogen (secondary N) is 1. The Labute approximate surface area is 142 Å². The Bertz CT molecular complexity index is 640. The molecule has 5 heteroatoms. The number of nitrogens with zero attached hydrogens (tertiary/aromatic N) is 1. The van der Waals surface area contributed by atoms with Crippen molar-refractivity contribution in [3.63, 3.8) is 0 Å². The smallest absolute Gasteiger partial charge is 0.246 e. The molecule has 23 heavy (non-hydrogen) atoms. The minimum Gasteiger partial charge on any atom is -0.351 e. The van der Waals surface area contributed by atoms with Gasteiger partial charge in [-0.25, -0.2) is 0 Å². The van der Waals surface area contributed by atoms with Gasteiger partial charge >= 0.3 is 0 Å². The van der Waals surface area contributed by atoms with Gasteiger partial charge in [0, 0.05) is 23.2 Å². The van der Waals surface area contributed by atoms with Crippen LogP contribution in [0.4, 0.5) is 5.69 Å². The van der Waals surface area contributed by atoms with Crippen molar-refractivity contribution >= 4 is 29.1 Å². The Hall–Kier alpha value is -1.55. The van der Waals surface area contributed by atoms with Gasteiger partial charge in [0.05, 0.1) is 0 Å². The van der Waals surface area contributed by atoms with Crippen LogP contribution < -0.4 is 10.2 Å². The second kappa shape index (κ2) is 6.16. The van der Waals surface area contributed by atoms with Gasteiger partial charge in [0.2, 0.25) is 11.8 Å². The fraction of sp³-hybridized carbons (Fsp3) is 0.556. The molecule has 2 fully saturated rings. The standard InChI is InChI=1S/C18H23ClN2O2/c1-12-7-8-13(19)11-15(12)21-16(22)9-10-18(21,2)17(23)20-14-5-3-4-6-14/h7-8,11,14H,3-6,9-10H2,1-2H3,(H,20,23). The van der Waals surface area contributed by atoms with E-state index in [0.717, 1.165) is 36.9 Å². The summed E-state index contributed by atoms with van der Waals surface area (Å²) in [5, 5.41) is 3.72. The van der Waals surface area contributed by atoms with E-state index in [4.69, 9.17) is 11.6 Å². The Morgan fingerprint density at radius 3 is 2.74 bits per heavy atom. The van der Waals surface area contributed by atoms with Crippen LogP contribution in [0.1, 0.15) is 51.0 Å². The predicted octanol–water partition coefficient (Wildman–Crippen LogP) is 3.59. The van der Waals surface area contributed by atoms with Gasteiger partial charge in [-0.05, 0) is 50.8 Å². The van der Waals surface area contributed by atoms with E-state index < -0.39 is 5.54 Å². The van der Waals surface area contributed by atoms with E-state index in [1.54, 1.807) is 17.0 Å². The fourth-order valence-electron chi connectivity index (χ4n) is 3.70. The number of anilines is 1. The van der Waals surface area contributed by atoms with Gasteiger partial charge in [-0.3, -0.25) is 14.5 Å². The van der Waals surface area contributed by atoms with E-state index in [0.29, 0.717) is 17.9 Å². The molecule has 1 aliphatic carbocycles. The van der Waals surface area contributed by atoms with Gasteiger partial charge in [0.25, 0.3) is 0 Å². The highest BCUT2D eigenvalue weighted by atomic mass is 35.5. The summed E-state index contributed by atoms with van der Waals surface area (Å²) in [5.74, 6) is -0.0611. The minimum atomic E-state index is -0.838. The zero-order valence-electron chi connectivity index (χ0n) is 13.7. The van der Waals surface area contributed by atoms with E-state index in [2.05, 4.69) is 5.32 Å². The van der Waals surface area contributed by atoms with Crippen molar-refractivity contribution in [3.8, 4) is 0 Å². The molecule has 1 aromatic carbocycles. The molecule has 0 aromatic heterocycles. The summed E-state index contributed by atoms with van der Waals surface area (Å²) in [7, 11) is 0. The first-order valence-electron chi connectivity index (χ1n) is 8.32. The van der Waals surface area contributed by atoms with Gasteiger partial charge in [-0.1, -0.05) is 30.5 Å². The van der Waals surface area contributed by atoms with Crippen LogP contribution in [0.15, 0.2) is 18.2 Å². The Morgan fingerprint density at radius 2 is 2.04 bits per heavy atom. The maximum Gasteiger partial charge on any atom is 0.246 e. The average molecular weight is 335 g/mol. The van der Waals surface area contributed by atoms with Crippen molar-refractivity contribution in [2.75, 3.05) is 4.90 Å². The second-order valence-electron chi connectivity index (χ2n) is 6.89. The molecule has 1 unspecified atom stereocenters. The second-order valence-corrected chi connectivity index (χ2v) is 7.33. The third-order valence-corrected chi connectivity index (χ3v) is 5.40. The first-order chi connectivity index (χ1) is 10.9. The summed E-state index contributed by atoms with van der Waals surface area (Å²) in [6.45, 7) is 3.80. The summed E-state index contributed by atoms with van der Waals surface area (Å²) >= 11 is 6.11. The molecule has 2 amide bonds. The van der Waals surface area contributed by atoms with E-state index in [1.807, 2.05) is 19.9 Å². The van der Waals surface area contributed by atoms with Gasteiger partial charge in [0.1, 0.15) is 5.54 Å². The van der Waals surface area contributed by atoms with Crippen LogP contribution in [-0.4, -0.2) is 23.4 Å². The number of carbonyl (C=O) groups is 2. The lowest BCUT2D eigenvalue weighted by Crippen LogP contribution is -2.56. The molecular formula is C18H23ClN2O2. The number of amides is 2. The van der Waals surface area contributed by atoms with Crippen molar-refractivity contribution in [3.05, 3.63) is 28.8 Å². The van der Waals surface area contributed by atoms with Crippen molar-refractivity contribution in [2.24, 2.45) is 0 Å². The SMILES string of the molecule is Cc1ccc(Cl)cc1N1C(=O)CCC1(C)C(=O)NC1CCCC1. The Morgan fingerprint density at radius 1 is 1.35 bits per heavy atom. The highest BCUT2D eigenvalue weighted by molar-refractivity contribution is 6.31. The largest absolute Gasteiger partial charge is 0.351 e. The first kappa shape index (κ1) is 16.3. The normalized spacial score (nSPS) is 25.2. The molecule has 3 rings (SSSR count). The van der Waals surface area contributed by atoms with Crippen LogP contribution >= 0.6 is 11.6 Å². The Balaban J connectivity index is 1.91. The van der Waals surface area contributed by atoms with Crippen molar-refractivity contribution in [1.82, 2.24) is 5.32 Å². The quantitative estimate of drug-likeness (QED) is 0.918. The number of benzene rings is 1. The molecule has 4 nitrogen and oxygen atoms in total. The number of rotatable bonds is 3. The summed E-state index contributed by atoms with van der Waals surface area (Å²) in [6, 6.07) is 5.72. The molecule has 124 valence electrons. The Kier molecular flexibility index (Phi) is 4.37. The fourth-order valence-corrected chi connectivity index (χ4v) is 3.87. The number of halogens is 1. The van der Waals surface area contributed by atoms with Gasteiger partial charge < -0.3 is 5.32 Å². The monoisotopic (exact) mass is 334 g/mol. The molecule has 0 spiro atoms. The number of aryl methyl sites for hydroxylation is 1. The third-order valence-electron chi connectivity index (χ3n) is 5.16. The van der Waals surface area contributed by atoms with Crippen molar-refractivity contribution in [2.45, 2.75) is 64.0 Å². The topological polar surface area (TPSA) is 49.4 Å². The minimum absolute atomic E-state index is 0.0144. The lowest BCUT2D eigenvalue weighted by Gasteiger charge is -2.35. The van der Waals surface area contributed by atoms with E-state index in [1.165, 1.54) is 0 Å². The van der Waals surface area contributed by atoms with Crippen LogP contribution in [0, 0.1) is 6.92 Å². The predicted molar refractivity (Wildman–Crippen MR) is 91.7 cm³/mol. The summed E-state index contributed by atoms with van der Waals surface area (Å²) in [5.41, 5.74) is 0.850. The maximum absolute atomic E-state index is 12.9. The van der Waals surface area contributed by atoms with Crippen LogP contribution in [0.5, 0.6) is 0 Å². The lowest BCUT2D eigenvalue weighted by atomic mass is 9.95. The maximum atomic E-state index is 12.9. The number of hydrogen-bond acceptors (Lipinski definition) is 2. The molecule has 1 N–H and O–H groups in total. The van der Waals surface area contributed by atoms with Crippen molar-refractivity contribution < 1.29 is 9.59 Å². The third kappa shape index (κ3) is 2.97. The molecule has 1 aliphatic heterocycles. The van der Waals surface area contributed by atoms with Crippen LogP contribution in [0.3, 0.4) is 0 Å². The molecule has 1 atom stereocenters. The van der Waals surface area contributed by atoms with Gasteiger partial charge in [0.15, 0.2) is 0 Å². The van der Waals surface area contributed by atoms with Crippen molar-refractivity contribution in [1.29, 1.82) is 0 Å². The van der Waals surface area contributed by atoms with E-state index >= 15 is 0 Å². The summed E-state index contributed by atoms with van der Waals surface area (Å²) in [4.78, 5) is 27.1. The molecule has 1 saturated carbocycles. The summed E-state index contributed by atoms with van der Waals surface area (Å²) in [6.07, 6.45) is 5.32. The highest BCUT2D eigenvalue weighted by Crippen LogP contribution is 2.38.